The van der Waals surface area contributed by atoms with Crippen LogP contribution < -0.4 is 0 Å². The summed E-state index contributed by atoms with van der Waals surface area (Å²) in [5.41, 5.74) is 0.915. The van der Waals surface area contributed by atoms with Gasteiger partial charge in [-0.1, -0.05) is 54.5 Å². The number of furan rings is 1. The molecule has 0 amide bonds. The molecule has 4 heterocycles. The zero-order valence-corrected chi connectivity index (χ0v) is 19.5. The second-order valence-electron chi connectivity index (χ2n) is 8.37. The van der Waals surface area contributed by atoms with E-state index in [1.807, 2.05) is 12.1 Å². The third kappa shape index (κ3) is 3.84. The van der Waals surface area contributed by atoms with Gasteiger partial charge in [0.1, 0.15) is 0 Å². The maximum absolute atomic E-state index is 11.2. The average molecular weight is 477 g/mol. The first kappa shape index (κ1) is 20.8. The maximum Gasteiger partial charge on any atom is 0.230 e. The van der Waals surface area contributed by atoms with Gasteiger partial charge >= 0.3 is 0 Å². The van der Waals surface area contributed by atoms with Gasteiger partial charge in [0, 0.05) is 23.1 Å². The third-order valence-corrected chi connectivity index (χ3v) is 7.34. The Bertz CT molecular complexity index is 1210. The Morgan fingerprint density at radius 1 is 1.19 bits per heavy atom. The Labute approximate surface area is 194 Å². The molecule has 1 aliphatic heterocycles. The molecule has 0 spiro atoms. The van der Waals surface area contributed by atoms with E-state index in [4.69, 9.17) is 27.6 Å². The van der Waals surface area contributed by atoms with Gasteiger partial charge in [0.15, 0.2) is 5.76 Å². The lowest BCUT2D eigenvalue weighted by molar-refractivity contribution is 0.112. The molecule has 0 radical (unpaired) electrons. The molecule has 0 saturated carbocycles. The second kappa shape index (κ2) is 8.13. The number of benzene rings is 1. The topological polar surface area (TPSA) is 66.8 Å². The monoisotopic (exact) mass is 476 g/mol. The molecule has 3 atom stereocenters. The predicted octanol–water partition coefficient (Wildman–Crippen LogP) is 6.13. The van der Waals surface area contributed by atoms with Crippen LogP contribution >= 0.6 is 34.5 Å². The first-order chi connectivity index (χ1) is 14.9. The van der Waals surface area contributed by atoms with Crippen LogP contribution in [0.2, 0.25) is 10.0 Å². The average Bonchev–Trinajstić information content (AvgIpc) is 3.42. The van der Waals surface area contributed by atoms with Crippen molar-refractivity contribution >= 4 is 39.5 Å². The van der Waals surface area contributed by atoms with Crippen LogP contribution in [0.3, 0.4) is 0 Å². The quantitative estimate of drug-likeness (QED) is 0.383. The Balaban J connectivity index is 1.63. The van der Waals surface area contributed by atoms with E-state index < -0.39 is 0 Å². The van der Waals surface area contributed by atoms with Crippen LogP contribution in [0.4, 0.5) is 0 Å². The van der Waals surface area contributed by atoms with Gasteiger partial charge in [0.05, 0.1) is 17.2 Å². The van der Waals surface area contributed by atoms with Crippen LogP contribution in [0.5, 0.6) is 5.88 Å². The summed E-state index contributed by atoms with van der Waals surface area (Å²) >= 11 is 14.2. The van der Waals surface area contributed by atoms with Crippen LogP contribution in [0.15, 0.2) is 41.0 Å². The molecular formula is C22H22Cl2N4O2S. The van der Waals surface area contributed by atoms with Crippen LogP contribution in [0.1, 0.15) is 36.8 Å². The van der Waals surface area contributed by atoms with Crippen LogP contribution in [0, 0.1) is 11.8 Å². The maximum atomic E-state index is 11.2. The number of hydrogen-bond acceptors (Lipinski definition) is 6. The standard InChI is InChI=1S/C22H22Cl2N4O2S/c1-12-8-13(2)11-27(10-12)18(15-6-5-14(23)9-16(15)24)19-21(29)28-22(31-19)25-20(26-28)17-4-3-7-30-17/h3-7,9,12-13,18,29H,8,10-11H2,1-2H3. The van der Waals surface area contributed by atoms with Crippen LogP contribution in [-0.2, 0) is 0 Å². The van der Waals surface area contributed by atoms with Crippen LogP contribution in [0.25, 0.3) is 16.5 Å². The van der Waals surface area contributed by atoms with Gasteiger partial charge in [-0.25, -0.2) is 0 Å². The molecule has 0 bridgehead atoms. The summed E-state index contributed by atoms with van der Waals surface area (Å²) in [6.45, 7) is 6.36. The Kier molecular flexibility index (Phi) is 5.46. The molecule has 1 aromatic carbocycles. The molecule has 31 heavy (non-hydrogen) atoms. The van der Waals surface area contributed by atoms with E-state index in [0.717, 1.165) is 23.5 Å². The largest absolute Gasteiger partial charge is 0.492 e. The minimum Gasteiger partial charge on any atom is -0.492 e. The van der Waals surface area contributed by atoms with Gasteiger partial charge in [-0.2, -0.15) is 9.50 Å². The molecule has 1 saturated heterocycles. The summed E-state index contributed by atoms with van der Waals surface area (Å²) in [6, 6.07) is 8.91. The molecule has 3 unspecified atom stereocenters. The SMILES string of the molecule is CC1CC(C)CN(C(c2ccc(Cl)cc2Cl)c2sc3nc(-c4ccco4)nn3c2O)C1. The molecule has 6 nitrogen and oxygen atoms in total. The number of aromatic hydroxyl groups is 1. The molecular weight excluding hydrogens is 455 g/mol. The van der Waals surface area contributed by atoms with Gasteiger partial charge in [-0.05, 0) is 48.1 Å². The van der Waals surface area contributed by atoms with Crippen molar-refractivity contribution in [3.8, 4) is 17.5 Å². The second-order valence-corrected chi connectivity index (χ2v) is 10.2. The molecule has 3 aromatic heterocycles. The van der Waals surface area contributed by atoms with Gasteiger partial charge in [0.2, 0.25) is 16.7 Å². The number of rotatable bonds is 4. The number of fused-ring (bicyclic) bond motifs is 1. The van der Waals surface area contributed by atoms with E-state index in [1.54, 1.807) is 24.5 Å². The number of halogens is 2. The number of aromatic nitrogens is 3. The van der Waals surface area contributed by atoms with Crippen molar-refractivity contribution in [2.24, 2.45) is 11.8 Å². The van der Waals surface area contributed by atoms with Crippen molar-refractivity contribution in [3.05, 3.63) is 57.1 Å². The van der Waals surface area contributed by atoms with E-state index in [0.29, 0.717) is 38.4 Å². The molecule has 1 N–H and O–H groups in total. The third-order valence-electron chi connectivity index (χ3n) is 5.71. The Morgan fingerprint density at radius 3 is 2.61 bits per heavy atom. The van der Waals surface area contributed by atoms with Crippen molar-refractivity contribution < 1.29 is 9.52 Å². The Hall–Kier alpha value is -2.06. The van der Waals surface area contributed by atoms with Crippen molar-refractivity contribution in [1.82, 2.24) is 19.5 Å². The zero-order valence-electron chi connectivity index (χ0n) is 17.1. The van der Waals surface area contributed by atoms with Gasteiger partial charge in [-0.15, -0.1) is 5.10 Å². The van der Waals surface area contributed by atoms with E-state index >= 15 is 0 Å². The highest BCUT2D eigenvalue weighted by atomic mass is 35.5. The summed E-state index contributed by atoms with van der Waals surface area (Å²) in [6.07, 6.45) is 2.76. The lowest BCUT2D eigenvalue weighted by Gasteiger charge is -2.40. The molecule has 162 valence electrons. The predicted molar refractivity (Wildman–Crippen MR) is 123 cm³/mol. The Morgan fingerprint density at radius 2 is 1.97 bits per heavy atom. The van der Waals surface area contributed by atoms with Gasteiger partial charge < -0.3 is 9.52 Å². The summed E-state index contributed by atoms with van der Waals surface area (Å²) in [7, 11) is 0. The van der Waals surface area contributed by atoms with Gasteiger partial charge in [-0.3, -0.25) is 4.90 Å². The van der Waals surface area contributed by atoms with Crippen LogP contribution in [-0.4, -0.2) is 37.7 Å². The zero-order chi connectivity index (χ0) is 21.7. The highest BCUT2D eigenvalue weighted by molar-refractivity contribution is 7.17. The number of piperidine rings is 1. The molecule has 4 aromatic rings. The first-order valence-electron chi connectivity index (χ1n) is 10.2. The van der Waals surface area contributed by atoms with Crippen molar-refractivity contribution in [1.29, 1.82) is 0 Å². The molecule has 9 heteroatoms. The minimum atomic E-state index is -0.212. The normalized spacial score (nSPS) is 21.0. The minimum absolute atomic E-state index is 0.0761. The van der Waals surface area contributed by atoms with Gasteiger partial charge in [0.25, 0.3) is 0 Å². The molecule has 0 aliphatic carbocycles. The summed E-state index contributed by atoms with van der Waals surface area (Å²) in [5.74, 6) is 2.18. The number of likely N-dealkylation sites (tertiary alicyclic amines) is 1. The summed E-state index contributed by atoms with van der Waals surface area (Å²) in [4.78, 5) is 8.34. The fraction of sp³-hybridized carbons (Fsp3) is 0.364. The van der Waals surface area contributed by atoms with E-state index in [1.165, 1.54) is 22.3 Å². The fourth-order valence-corrected chi connectivity index (χ4v) is 6.21. The lowest BCUT2D eigenvalue weighted by atomic mass is 9.89. The number of thiazole rings is 1. The molecule has 1 aliphatic rings. The summed E-state index contributed by atoms with van der Waals surface area (Å²) in [5, 5.41) is 16.8. The molecule has 5 rings (SSSR count). The van der Waals surface area contributed by atoms with E-state index in [-0.39, 0.29) is 11.9 Å². The highest BCUT2D eigenvalue weighted by Gasteiger charge is 2.35. The van der Waals surface area contributed by atoms with Crippen molar-refractivity contribution in [3.63, 3.8) is 0 Å². The van der Waals surface area contributed by atoms with Crippen molar-refractivity contribution in [2.75, 3.05) is 13.1 Å². The van der Waals surface area contributed by atoms with E-state index in [2.05, 4.69) is 28.8 Å². The first-order valence-corrected chi connectivity index (χ1v) is 11.8. The molecule has 1 fully saturated rings. The summed E-state index contributed by atoms with van der Waals surface area (Å²) < 4.78 is 6.88. The number of hydrogen-bond donors (Lipinski definition) is 1. The van der Waals surface area contributed by atoms with E-state index in [9.17, 15) is 5.11 Å². The number of nitrogens with zero attached hydrogens (tertiary/aromatic N) is 4. The fourth-order valence-electron chi connectivity index (χ4n) is 4.59. The highest BCUT2D eigenvalue weighted by Crippen LogP contribution is 2.44. The van der Waals surface area contributed by atoms with Crippen molar-refractivity contribution in [2.45, 2.75) is 26.3 Å². The lowest BCUT2D eigenvalue weighted by Crippen LogP contribution is -2.41. The smallest absolute Gasteiger partial charge is 0.230 e.